The quantitative estimate of drug-likeness (QED) is 0.775. The molecule has 0 aromatic rings. The number of carbonyl (C=O) groups excluding carboxylic acids is 1. The van der Waals surface area contributed by atoms with Gasteiger partial charge in [0.1, 0.15) is 0 Å². The predicted molar refractivity (Wildman–Crippen MR) is 69.5 cm³/mol. The number of hydrogen-bond acceptors (Lipinski definition) is 2. The molecule has 3 heteroatoms. The standard InChI is InChI=1S/C14H26N2O/c1-10-6-5-9-12(15)13(10)14(17)16-11-7-3-2-4-8-11/h10-13H,2-9,15H2,1H3,(H,16,17). The molecule has 0 saturated heterocycles. The first-order valence-corrected chi connectivity index (χ1v) is 7.24. The fourth-order valence-electron chi connectivity index (χ4n) is 3.45. The molecule has 17 heavy (non-hydrogen) atoms. The fraction of sp³-hybridized carbons (Fsp3) is 0.929. The molecule has 3 nitrogen and oxygen atoms in total. The molecule has 0 aromatic carbocycles. The van der Waals surface area contributed by atoms with E-state index in [1.807, 2.05) is 0 Å². The maximum Gasteiger partial charge on any atom is 0.225 e. The minimum atomic E-state index is 0.0469. The summed E-state index contributed by atoms with van der Waals surface area (Å²) < 4.78 is 0. The van der Waals surface area contributed by atoms with Crippen LogP contribution in [-0.4, -0.2) is 18.0 Å². The second-order valence-electron chi connectivity index (χ2n) is 5.94. The van der Waals surface area contributed by atoms with E-state index >= 15 is 0 Å². The summed E-state index contributed by atoms with van der Waals surface area (Å²) in [5.41, 5.74) is 6.11. The summed E-state index contributed by atoms with van der Waals surface area (Å²) in [5, 5.41) is 3.23. The van der Waals surface area contributed by atoms with Gasteiger partial charge < -0.3 is 11.1 Å². The zero-order valence-electron chi connectivity index (χ0n) is 11.0. The van der Waals surface area contributed by atoms with Gasteiger partial charge in [0.15, 0.2) is 0 Å². The van der Waals surface area contributed by atoms with E-state index in [0.29, 0.717) is 12.0 Å². The highest BCUT2D eigenvalue weighted by atomic mass is 16.2. The molecule has 3 unspecified atom stereocenters. The van der Waals surface area contributed by atoms with Crippen LogP contribution < -0.4 is 11.1 Å². The van der Waals surface area contributed by atoms with E-state index in [4.69, 9.17) is 5.73 Å². The summed E-state index contributed by atoms with van der Waals surface area (Å²) in [5.74, 6) is 0.713. The smallest absolute Gasteiger partial charge is 0.225 e. The van der Waals surface area contributed by atoms with Crippen LogP contribution in [0.4, 0.5) is 0 Å². The largest absolute Gasteiger partial charge is 0.353 e. The van der Waals surface area contributed by atoms with Gasteiger partial charge in [0.05, 0.1) is 5.92 Å². The lowest BCUT2D eigenvalue weighted by molar-refractivity contribution is -0.129. The van der Waals surface area contributed by atoms with E-state index in [1.165, 1.54) is 25.7 Å². The Labute approximate surface area is 105 Å². The first-order chi connectivity index (χ1) is 8.18. The molecule has 3 atom stereocenters. The number of rotatable bonds is 2. The molecule has 0 aliphatic heterocycles. The topological polar surface area (TPSA) is 55.1 Å². The molecule has 2 aliphatic rings. The van der Waals surface area contributed by atoms with E-state index in [0.717, 1.165) is 25.7 Å². The van der Waals surface area contributed by atoms with Gasteiger partial charge >= 0.3 is 0 Å². The molecule has 0 aromatic heterocycles. The third-order valence-corrected chi connectivity index (χ3v) is 4.53. The summed E-state index contributed by atoms with van der Waals surface area (Å²) in [6, 6.07) is 0.486. The summed E-state index contributed by atoms with van der Waals surface area (Å²) in [6.45, 7) is 2.17. The molecule has 2 rings (SSSR count). The van der Waals surface area contributed by atoms with Crippen LogP contribution in [0, 0.1) is 11.8 Å². The summed E-state index contributed by atoms with van der Waals surface area (Å²) in [7, 11) is 0. The third kappa shape index (κ3) is 3.21. The summed E-state index contributed by atoms with van der Waals surface area (Å²) in [6.07, 6.45) is 9.49. The van der Waals surface area contributed by atoms with Crippen molar-refractivity contribution >= 4 is 5.91 Å². The van der Waals surface area contributed by atoms with Crippen molar-refractivity contribution in [1.29, 1.82) is 0 Å². The molecular weight excluding hydrogens is 212 g/mol. The van der Waals surface area contributed by atoms with Gasteiger partial charge in [-0.05, 0) is 31.6 Å². The van der Waals surface area contributed by atoms with Crippen LogP contribution in [0.15, 0.2) is 0 Å². The molecule has 98 valence electrons. The molecular formula is C14H26N2O. The van der Waals surface area contributed by atoms with Crippen molar-refractivity contribution in [3.8, 4) is 0 Å². The van der Waals surface area contributed by atoms with E-state index in [1.54, 1.807) is 0 Å². The van der Waals surface area contributed by atoms with Crippen LogP contribution in [0.5, 0.6) is 0 Å². The Morgan fingerprint density at radius 3 is 2.41 bits per heavy atom. The lowest BCUT2D eigenvalue weighted by Crippen LogP contribution is -2.50. The van der Waals surface area contributed by atoms with Gasteiger partial charge in [-0.2, -0.15) is 0 Å². The Balaban J connectivity index is 1.88. The van der Waals surface area contributed by atoms with Crippen molar-refractivity contribution in [2.24, 2.45) is 17.6 Å². The number of nitrogens with one attached hydrogen (secondary N) is 1. The molecule has 2 aliphatic carbocycles. The van der Waals surface area contributed by atoms with Crippen LogP contribution in [0.3, 0.4) is 0 Å². The second-order valence-corrected chi connectivity index (χ2v) is 5.94. The fourth-order valence-corrected chi connectivity index (χ4v) is 3.45. The Kier molecular flexibility index (Phi) is 4.43. The van der Waals surface area contributed by atoms with Gasteiger partial charge in [0.25, 0.3) is 0 Å². The summed E-state index contributed by atoms with van der Waals surface area (Å²) in [4.78, 5) is 12.3. The molecule has 0 spiro atoms. The van der Waals surface area contributed by atoms with E-state index in [-0.39, 0.29) is 17.9 Å². The monoisotopic (exact) mass is 238 g/mol. The molecule has 2 fully saturated rings. The van der Waals surface area contributed by atoms with Gasteiger partial charge in [-0.1, -0.05) is 32.6 Å². The number of nitrogens with two attached hydrogens (primary N) is 1. The van der Waals surface area contributed by atoms with Crippen molar-refractivity contribution in [2.75, 3.05) is 0 Å². The average molecular weight is 238 g/mol. The van der Waals surface area contributed by atoms with Crippen LogP contribution in [0.25, 0.3) is 0 Å². The maximum atomic E-state index is 12.3. The number of hydrogen-bond donors (Lipinski definition) is 2. The molecule has 1 amide bonds. The van der Waals surface area contributed by atoms with Crippen LogP contribution >= 0.6 is 0 Å². The van der Waals surface area contributed by atoms with Crippen LogP contribution in [0.1, 0.15) is 58.3 Å². The molecule has 0 bridgehead atoms. The van der Waals surface area contributed by atoms with E-state index in [2.05, 4.69) is 12.2 Å². The predicted octanol–water partition coefficient (Wildman–Crippen LogP) is 2.20. The highest BCUT2D eigenvalue weighted by molar-refractivity contribution is 5.80. The molecule has 0 heterocycles. The Morgan fingerprint density at radius 2 is 1.76 bits per heavy atom. The van der Waals surface area contributed by atoms with Crippen molar-refractivity contribution < 1.29 is 4.79 Å². The van der Waals surface area contributed by atoms with Gasteiger partial charge in [-0.3, -0.25) is 4.79 Å². The van der Waals surface area contributed by atoms with Crippen molar-refractivity contribution in [1.82, 2.24) is 5.32 Å². The first-order valence-electron chi connectivity index (χ1n) is 7.24. The zero-order chi connectivity index (χ0) is 12.3. The minimum absolute atomic E-state index is 0.0469. The van der Waals surface area contributed by atoms with E-state index < -0.39 is 0 Å². The molecule has 3 N–H and O–H groups in total. The lowest BCUT2D eigenvalue weighted by Gasteiger charge is -2.35. The average Bonchev–Trinajstić information content (AvgIpc) is 2.30. The van der Waals surface area contributed by atoms with Gasteiger partial charge in [-0.15, -0.1) is 0 Å². The van der Waals surface area contributed by atoms with Crippen molar-refractivity contribution in [2.45, 2.75) is 70.4 Å². The maximum absolute atomic E-state index is 12.3. The zero-order valence-corrected chi connectivity index (χ0v) is 11.0. The normalized spacial score (nSPS) is 35.5. The number of carbonyl (C=O) groups is 1. The number of amides is 1. The molecule has 0 radical (unpaired) electrons. The van der Waals surface area contributed by atoms with Crippen molar-refractivity contribution in [3.05, 3.63) is 0 Å². The summed E-state index contributed by atoms with van der Waals surface area (Å²) >= 11 is 0. The van der Waals surface area contributed by atoms with Crippen molar-refractivity contribution in [3.63, 3.8) is 0 Å². The van der Waals surface area contributed by atoms with Gasteiger partial charge in [0, 0.05) is 12.1 Å². The van der Waals surface area contributed by atoms with E-state index in [9.17, 15) is 4.79 Å². The van der Waals surface area contributed by atoms with Gasteiger partial charge in [0.2, 0.25) is 5.91 Å². The highest BCUT2D eigenvalue weighted by Crippen LogP contribution is 2.29. The minimum Gasteiger partial charge on any atom is -0.353 e. The highest BCUT2D eigenvalue weighted by Gasteiger charge is 2.34. The molecule has 2 saturated carbocycles. The Hall–Kier alpha value is -0.570. The Bertz CT molecular complexity index is 251. The SMILES string of the molecule is CC1CCCC(N)C1C(=O)NC1CCCCC1. The Morgan fingerprint density at radius 1 is 1.06 bits per heavy atom. The first kappa shape index (κ1) is 12.9. The lowest BCUT2D eigenvalue weighted by atomic mass is 9.76. The third-order valence-electron chi connectivity index (χ3n) is 4.53. The van der Waals surface area contributed by atoms with Crippen LogP contribution in [0.2, 0.25) is 0 Å². The van der Waals surface area contributed by atoms with Crippen LogP contribution in [-0.2, 0) is 4.79 Å². The van der Waals surface area contributed by atoms with Gasteiger partial charge in [-0.25, -0.2) is 0 Å². The second kappa shape index (κ2) is 5.85.